The van der Waals surface area contributed by atoms with Crippen LogP contribution in [0.2, 0.25) is 0 Å². The lowest BCUT2D eigenvalue weighted by Crippen LogP contribution is -2.40. The quantitative estimate of drug-likeness (QED) is 0.840. The third kappa shape index (κ3) is 3.86. The standard InChI is InChI=1S/C12H15FN2O2/c1-7-6-10(13)4-5-11(7)15-12(17)8(2)14-9(3)16/h4-6,8H,1-3H3,(H,14,16)(H,15,17)/t8-/m0/s1. The number of carbonyl (C=O) groups excluding carboxylic acids is 2. The van der Waals surface area contributed by atoms with Gasteiger partial charge in [0.1, 0.15) is 11.9 Å². The largest absolute Gasteiger partial charge is 0.345 e. The zero-order chi connectivity index (χ0) is 13.0. The van der Waals surface area contributed by atoms with Gasteiger partial charge in [-0.05, 0) is 37.6 Å². The Kier molecular flexibility index (Phi) is 4.20. The first-order chi connectivity index (χ1) is 7.90. The van der Waals surface area contributed by atoms with Crippen molar-refractivity contribution in [3.05, 3.63) is 29.6 Å². The van der Waals surface area contributed by atoms with E-state index in [4.69, 9.17) is 0 Å². The topological polar surface area (TPSA) is 58.2 Å². The van der Waals surface area contributed by atoms with Crippen molar-refractivity contribution < 1.29 is 14.0 Å². The second-order valence-electron chi connectivity index (χ2n) is 3.87. The van der Waals surface area contributed by atoms with Gasteiger partial charge in [0.25, 0.3) is 0 Å². The molecule has 0 bridgehead atoms. The van der Waals surface area contributed by atoms with Crippen LogP contribution in [0.3, 0.4) is 0 Å². The molecule has 0 spiro atoms. The van der Waals surface area contributed by atoms with Crippen LogP contribution in [0.25, 0.3) is 0 Å². The van der Waals surface area contributed by atoms with Crippen LogP contribution >= 0.6 is 0 Å². The molecule has 2 amide bonds. The molecule has 5 heteroatoms. The number of carbonyl (C=O) groups is 2. The summed E-state index contributed by atoms with van der Waals surface area (Å²) in [5, 5.41) is 5.09. The molecule has 0 heterocycles. The molecule has 2 N–H and O–H groups in total. The highest BCUT2D eigenvalue weighted by Gasteiger charge is 2.14. The van der Waals surface area contributed by atoms with Crippen molar-refractivity contribution in [2.75, 3.05) is 5.32 Å². The number of amides is 2. The number of hydrogen-bond donors (Lipinski definition) is 2. The average Bonchev–Trinajstić information content (AvgIpc) is 2.21. The third-order valence-electron chi connectivity index (χ3n) is 2.26. The highest BCUT2D eigenvalue weighted by Crippen LogP contribution is 2.15. The minimum Gasteiger partial charge on any atom is -0.345 e. The molecule has 0 unspecified atom stereocenters. The molecule has 92 valence electrons. The Morgan fingerprint density at radius 3 is 2.53 bits per heavy atom. The van der Waals surface area contributed by atoms with Crippen LogP contribution in [0.4, 0.5) is 10.1 Å². The van der Waals surface area contributed by atoms with E-state index in [9.17, 15) is 14.0 Å². The molecular formula is C12H15FN2O2. The summed E-state index contributed by atoms with van der Waals surface area (Å²) in [6, 6.07) is 3.46. The molecule has 0 aliphatic heterocycles. The zero-order valence-corrected chi connectivity index (χ0v) is 10.0. The summed E-state index contributed by atoms with van der Waals surface area (Å²) in [5.41, 5.74) is 1.17. The number of hydrogen-bond acceptors (Lipinski definition) is 2. The molecule has 0 saturated carbocycles. The fourth-order valence-electron chi connectivity index (χ4n) is 1.38. The number of aryl methyl sites for hydroxylation is 1. The van der Waals surface area contributed by atoms with Crippen LogP contribution < -0.4 is 10.6 Å². The van der Waals surface area contributed by atoms with E-state index < -0.39 is 6.04 Å². The highest BCUT2D eigenvalue weighted by atomic mass is 19.1. The minimum absolute atomic E-state index is 0.275. The molecular weight excluding hydrogens is 223 g/mol. The van der Waals surface area contributed by atoms with Crippen molar-refractivity contribution in [1.29, 1.82) is 0 Å². The van der Waals surface area contributed by atoms with E-state index in [0.717, 1.165) is 0 Å². The van der Waals surface area contributed by atoms with Gasteiger partial charge in [-0.25, -0.2) is 4.39 Å². The van der Waals surface area contributed by atoms with E-state index in [1.54, 1.807) is 13.8 Å². The van der Waals surface area contributed by atoms with Crippen molar-refractivity contribution in [2.24, 2.45) is 0 Å². The summed E-state index contributed by atoms with van der Waals surface area (Å²) in [7, 11) is 0. The molecule has 1 rings (SSSR count). The molecule has 0 aliphatic rings. The summed E-state index contributed by atoms with van der Waals surface area (Å²) in [5.74, 6) is -0.964. The maximum Gasteiger partial charge on any atom is 0.246 e. The van der Waals surface area contributed by atoms with Gasteiger partial charge in [0.15, 0.2) is 0 Å². The Hall–Kier alpha value is -1.91. The highest BCUT2D eigenvalue weighted by molar-refractivity contribution is 5.97. The average molecular weight is 238 g/mol. The zero-order valence-electron chi connectivity index (χ0n) is 10.0. The van der Waals surface area contributed by atoms with Crippen molar-refractivity contribution in [1.82, 2.24) is 5.32 Å². The van der Waals surface area contributed by atoms with Gasteiger partial charge in [0.2, 0.25) is 11.8 Å². The van der Waals surface area contributed by atoms with Crippen LogP contribution in [0, 0.1) is 12.7 Å². The predicted octanol–water partition coefficient (Wildman–Crippen LogP) is 1.60. The summed E-state index contributed by atoms with van der Waals surface area (Å²) in [6.45, 7) is 4.62. The second kappa shape index (κ2) is 5.43. The SMILES string of the molecule is CC(=O)N[C@@H](C)C(=O)Nc1ccc(F)cc1C. The van der Waals surface area contributed by atoms with Gasteiger partial charge in [-0.15, -0.1) is 0 Å². The van der Waals surface area contributed by atoms with Crippen LogP contribution in [0.1, 0.15) is 19.4 Å². The Morgan fingerprint density at radius 1 is 1.35 bits per heavy atom. The Labute approximate surface area is 99.2 Å². The molecule has 0 fully saturated rings. The fraction of sp³-hybridized carbons (Fsp3) is 0.333. The van der Waals surface area contributed by atoms with E-state index in [0.29, 0.717) is 11.3 Å². The molecule has 17 heavy (non-hydrogen) atoms. The molecule has 0 aromatic heterocycles. The van der Waals surface area contributed by atoms with Gasteiger partial charge < -0.3 is 10.6 Å². The fourth-order valence-corrected chi connectivity index (χ4v) is 1.38. The Morgan fingerprint density at radius 2 is 2.00 bits per heavy atom. The molecule has 4 nitrogen and oxygen atoms in total. The molecule has 0 aliphatic carbocycles. The minimum atomic E-state index is -0.628. The maximum atomic E-state index is 12.8. The lowest BCUT2D eigenvalue weighted by Gasteiger charge is -2.14. The van der Waals surface area contributed by atoms with Crippen LogP contribution in [-0.4, -0.2) is 17.9 Å². The van der Waals surface area contributed by atoms with E-state index in [-0.39, 0.29) is 17.6 Å². The first-order valence-electron chi connectivity index (χ1n) is 5.24. The number of halogens is 1. The first kappa shape index (κ1) is 13.2. The van der Waals surface area contributed by atoms with Crippen molar-refractivity contribution in [2.45, 2.75) is 26.8 Å². The predicted molar refractivity (Wildman–Crippen MR) is 63.0 cm³/mol. The van der Waals surface area contributed by atoms with E-state index in [2.05, 4.69) is 10.6 Å². The molecule has 1 aromatic rings. The van der Waals surface area contributed by atoms with Crippen molar-refractivity contribution in [3.63, 3.8) is 0 Å². The van der Waals surface area contributed by atoms with Gasteiger partial charge >= 0.3 is 0 Å². The van der Waals surface area contributed by atoms with Gasteiger partial charge in [0, 0.05) is 12.6 Å². The maximum absolute atomic E-state index is 12.8. The van der Waals surface area contributed by atoms with E-state index in [1.165, 1.54) is 25.1 Å². The lowest BCUT2D eigenvalue weighted by molar-refractivity contribution is -0.124. The van der Waals surface area contributed by atoms with Gasteiger partial charge in [-0.2, -0.15) is 0 Å². The monoisotopic (exact) mass is 238 g/mol. The normalized spacial score (nSPS) is 11.8. The lowest BCUT2D eigenvalue weighted by atomic mass is 10.2. The van der Waals surface area contributed by atoms with Crippen molar-refractivity contribution in [3.8, 4) is 0 Å². The van der Waals surface area contributed by atoms with Crippen LogP contribution in [0.5, 0.6) is 0 Å². The Bertz CT molecular complexity index is 446. The summed E-state index contributed by atoms with van der Waals surface area (Å²) >= 11 is 0. The Balaban J connectivity index is 2.71. The third-order valence-corrected chi connectivity index (χ3v) is 2.26. The summed E-state index contributed by atoms with van der Waals surface area (Å²) in [4.78, 5) is 22.4. The smallest absolute Gasteiger partial charge is 0.246 e. The summed E-state index contributed by atoms with van der Waals surface area (Å²) in [6.07, 6.45) is 0. The molecule has 0 radical (unpaired) electrons. The summed E-state index contributed by atoms with van der Waals surface area (Å²) < 4.78 is 12.8. The van der Waals surface area contributed by atoms with Crippen molar-refractivity contribution >= 4 is 17.5 Å². The molecule has 1 aromatic carbocycles. The van der Waals surface area contributed by atoms with Crippen LogP contribution in [-0.2, 0) is 9.59 Å². The van der Waals surface area contributed by atoms with Crippen LogP contribution in [0.15, 0.2) is 18.2 Å². The first-order valence-corrected chi connectivity index (χ1v) is 5.24. The number of nitrogens with one attached hydrogen (secondary N) is 2. The number of benzene rings is 1. The van der Waals surface area contributed by atoms with Gasteiger partial charge in [-0.3, -0.25) is 9.59 Å². The number of rotatable bonds is 3. The van der Waals surface area contributed by atoms with Gasteiger partial charge in [-0.1, -0.05) is 0 Å². The number of anilines is 1. The molecule has 0 saturated heterocycles. The second-order valence-corrected chi connectivity index (χ2v) is 3.87. The van der Waals surface area contributed by atoms with E-state index in [1.807, 2.05) is 0 Å². The van der Waals surface area contributed by atoms with E-state index >= 15 is 0 Å². The molecule has 1 atom stereocenters. The van der Waals surface area contributed by atoms with Gasteiger partial charge in [0.05, 0.1) is 0 Å².